The monoisotopic (exact) mass is 227 g/mol. The molecular weight excluding hydrogens is 214 g/mol. The molecule has 2 heterocycles. The van der Waals surface area contributed by atoms with E-state index in [1.165, 1.54) is 5.56 Å². The van der Waals surface area contributed by atoms with Gasteiger partial charge in [0.25, 0.3) is 0 Å². The van der Waals surface area contributed by atoms with E-state index in [2.05, 4.69) is 12.1 Å². The van der Waals surface area contributed by atoms with Crippen LogP contribution in [0.5, 0.6) is 0 Å². The zero-order valence-corrected chi connectivity index (χ0v) is 9.37. The third kappa shape index (κ3) is 2.24. The summed E-state index contributed by atoms with van der Waals surface area (Å²) >= 11 is 0. The van der Waals surface area contributed by atoms with Gasteiger partial charge in [-0.2, -0.15) is 0 Å². The molecule has 1 aliphatic rings. The van der Waals surface area contributed by atoms with E-state index < -0.39 is 0 Å². The van der Waals surface area contributed by atoms with Crippen molar-refractivity contribution in [3.63, 3.8) is 0 Å². The number of nitrogens with zero attached hydrogens (tertiary/aromatic N) is 1. The molecule has 0 radical (unpaired) electrons. The van der Waals surface area contributed by atoms with Crippen molar-refractivity contribution in [1.82, 2.24) is 5.06 Å². The van der Waals surface area contributed by atoms with Gasteiger partial charge in [-0.05, 0) is 17.7 Å². The predicted octanol–water partition coefficient (Wildman–Crippen LogP) is 3.20. The molecule has 0 fully saturated rings. The van der Waals surface area contributed by atoms with Gasteiger partial charge in [-0.25, -0.2) is 0 Å². The molecule has 0 amide bonds. The van der Waals surface area contributed by atoms with Crippen LogP contribution in [0.1, 0.15) is 16.9 Å². The molecule has 1 aliphatic heterocycles. The van der Waals surface area contributed by atoms with Crippen molar-refractivity contribution >= 4 is 6.08 Å². The zero-order valence-electron chi connectivity index (χ0n) is 9.37. The van der Waals surface area contributed by atoms with Crippen LogP contribution in [0.4, 0.5) is 0 Å². The second-order valence-electron chi connectivity index (χ2n) is 3.96. The molecule has 1 aromatic heterocycles. The standard InChI is InChI=1S/C14H13NO2/c1-2-4-12(5-3-1)11-17-15-8-6-14-13(10-15)7-9-16-14/h1-9H,10-11H2. The molecule has 0 spiro atoms. The van der Waals surface area contributed by atoms with E-state index in [0.717, 1.165) is 17.9 Å². The van der Waals surface area contributed by atoms with Gasteiger partial charge in [0.05, 0.1) is 19.4 Å². The molecule has 2 aromatic rings. The van der Waals surface area contributed by atoms with Crippen molar-refractivity contribution in [3.05, 3.63) is 65.7 Å². The quantitative estimate of drug-likeness (QED) is 0.805. The fourth-order valence-corrected chi connectivity index (χ4v) is 1.82. The van der Waals surface area contributed by atoms with Gasteiger partial charge in [-0.1, -0.05) is 30.3 Å². The van der Waals surface area contributed by atoms with Gasteiger partial charge < -0.3 is 4.42 Å². The summed E-state index contributed by atoms with van der Waals surface area (Å²) in [4.78, 5) is 5.70. The summed E-state index contributed by atoms with van der Waals surface area (Å²) in [5, 5.41) is 1.82. The molecule has 0 saturated heterocycles. The molecule has 0 atom stereocenters. The maximum atomic E-state index is 5.70. The molecule has 3 rings (SSSR count). The Bertz CT molecular complexity index is 516. The van der Waals surface area contributed by atoms with E-state index >= 15 is 0 Å². The highest BCUT2D eigenvalue weighted by Crippen LogP contribution is 2.21. The first-order valence-electron chi connectivity index (χ1n) is 5.60. The van der Waals surface area contributed by atoms with E-state index in [1.54, 1.807) is 6.26 Å². The molecule has 17 heavy (non-hydrogen) atoms. The number of hydrogen-bond acceptors (Lipinski definition) is 3. The first kappa shape index (κ1) is 10.2. The third-order valence-electron chi connectivity index (χ3n) is 2.74. The molecule has 1 aromatic carbocycles. The van der Waals surface area contributed by atoms with Crippen molar-refractivity contribution in [2.75, 3.05) is 0 Å². The topological polar surface area (TPSA) is 25.6 Å². The number of furan rings is 1. The van der Waals surface area contributed by atoms with Crippen molar-refractivity contribution in [3.8, 4) is 0 Å². The Morgan fingerprint density at radius 3 is 2.94 bits per heavy atom. The minimum atomic E-state index is 0.582. The maximum absolute atomic E-state index is 5.70. The van der Waals surface area contributed by atoms with Gasteiger partial charge in [-0.3, -0.25) is 9.90 Å². The minimum absolute atomic E-state index is 0.582. The smallest absolute Gasteiger partial charge is 0.133 e. The van der Waals surface area contributed by atoms with E-state index in [9.17, 15) is 0 Å². The predicted molar refractivity (Wildman–Crippen MR) is 64.5 cm³/mol. The highest BCUT2D eigenvalue weighted by molar-refractivity contribution is 5.49. The SMILES string of the molecule is C1=CN(OCc2ccccc2)Cc2ccoc21. The Balaban J connectivity index is 1.61. The summed E-state index contributed by atoms with van der Waals surface area (Å²) in [6, 6.07) is 12.1. The van der Waals surface area contributed by atoms with Crippen molar-refractivity contribution in [1.29, 1.82) is 0 Å². The Labute approximate surface area is 99.9 Å². The molecule has 0 N–H and O–H groups in total. The zero-order chi connectivity index (χ0) is 11.5. The van der Waals surface area contributed by atoms with E-state index in [-0.39, 0.29) is 0 Å². The van der Waals surface area contributed by atoms with Crippen LogP contribution < -0.4 is 0 Å². The van der Waals surface area contributed by atoms with Gasteiger partial charge in [0.1, 0.15) is 5.76 Å². The summed E-state index contributed by atoms with van der Waals surface area (Å²) in [5.41, 5.74) is 2.32. The molecule has 3 heteroatoms. The molecule has 0 aliphatic carbocycles. The van der Waals surface area contributed by atoms with Crippen LogP contribution in [-0.4, -0.2) is 5.06 Å². The number of hydroxylamine groups is 2. The number of hydrogen-bond donors (Lipinski definition) is 0. The van der Waals surface area contributed by atoms with Crippen LogP contribution in [0.15, 0.2) is 53.3 Å². The van der Waals surface area contributed by atoms with Crippen LogP contribution >= 0.6 is 0 Å². The second kappa shape index (κ2) is 4.47. The van der Waals surface area contributed by atoms with Crippen molar-refractivity contribution in [2.45, 2.75) is 13.2 Å². The summed E-state index contributed by atoms with van der Waals surface area (Å²) in [6.45, 7) is 1.31. The van der Waals surface area contributed by atoms with Gasteiger partial charge in [0, 0.05) is 11.8 Å². The second-order valence-corrected chi connectivity index (χ2v) is 3.96. The summed E-state index contributed by atoms with van der Waals surface area (Å²) < 4.78 is 5.30. The largest absolute Gasteiger partial charge is 0.465 e. The fourth-order valence-electron chi connectivity index (χ4n) is 1.82. The van der Waals surface area contributed by atoms with E-state index in [0.29, 0.717) is 6.61 Å². The normalized spacial score (nSPS) is 13.8. The Morgan fingerprint density at radius 1 is 1.18 bits per heavy atom. The lowest BCUT2D eigenvalue weighted by Gasteiger charge is -2.22. The van der Waals surface area contributed by atoms with E-state index in [1.807, 2.05) is 41.6 Å². The average Bonchev–Trinajstić information content (AvgIpc) is 2.85. The van der Waals surface area contributed by atoms with Gasteiger partial charge in [0.2, 0.25) is 0 Å². The lowest BCUT2D eigenvalue weighted by molar-refractivity contribution is -0.139. The first-order chi connectivity index (χ1) is 8.42. The minimum Gasteiger partial charge on any atom is -0.465 e. The lowest BCUT2D eigenvalue weighted by atomic mass is 10.2. The Morgan fingerprint density at radius 2 is 2.06 bits per heavy atom. The Hall–Kier alpha value is -2.00. The number of fused-ring (bicyclic) bond motifs is 1. The van der Waals surface area contributed by atoms with Crippen molar-refractivity contribution in [2.24, 2.45) is 0 Å². The van der Waals surface area contributed by atoms with Crippen LogP contribution in [-0.2, 0) is 18.0 Å². The highest BCUT2D eigenvalue weighted by Gasteiger charge is 2.13. The third-order valence-corrected chi connectivity index (χ3v) is 2.74. The van der Waals surface area contributed by atoms with Crippen LogP contribution in [0.2, 0.25) is 0 Å². The number of benzene rings is 1. The fraction of sp³-hybridized carbons (Fsp3) is 0.143. The molecule has 0 bridgehead atoms. The molecule has 3 nitrogen and oxygen atoms in total. The molecule has 0 unspecified atom stereocenters. The summed E-state index contributed by atoms with van der Waals surface area (Å²) in [5.74, 6) is 0.921. The molecule has 86 valence electrons. The van der Waals surface area contributed by atoms with Crippen molar-refractivity contribution < 1.29 is 9.25 Å². The first-order valence-corrected chi connectivity index (χ1v) is 5.60. The van der Waals surface area contributed by atoms with Crippen LogP contribution in [0.3, 0.4) is 0 Å². The average molecular weight is 227 g/mol. The van der Waals surface area contributed by atoms with Crippen LogP contribution in [0, 0.1) is 0 Å². The summed E-state index contributed by atoms with van der Waals surface area (Å²) in [6.07, 6.45) is 5.52. The highest BCUT2D eigenvalue weighted by atomic mass is 16.7. The lowest BCUT2D eigenvalue weighted by Crippen LogP contribution is -2.19. The van der Waals surface area contributed by atoms with E-state index in [4.69, 9.17) is 9.25 Å². The maximum Gasteiger partial charge on any atom is 0.133 e. The van der Waals surface area contributed by atoms with Gasteiger partial charge >= 0.3 is 0 Å². The molecular formula is C14H13NO2. The molecule has 0 saturated carbocycles. The van der Waals surface area contributed by atoms with Crippen LogP contribution in [0.25, 0.3) is 6.08 Å². The summed E-state index contributed by atoms with van der Waals surface area (Å²) in [7, 11) is 0. The number of rotatable bonds is 3. The van der Waals surface area contributed by atoms with Gasteiger partial charge in [-0.15, -0.1) is 0 Å². The Kier molecular flexibility index (Phi) is 2.68. The van der Waals surface area contributed by atoms with Gasteiger partial charge in [0.15, 0.2) is 0 Å².